The predicted octanol–water partition coefficient (Wildman–Crippen LogP) is 4.73. The van der Waals surface area contributed by atoms with Gasteiger partial charge < -0.3 is 14.5 Å². The molecule has 3 saturated heterocycles. The van der Waals surface area contributed by atoms with Crippen molar-refractivity contribution < 1.29 is 14.3 Å². The third-order valence-corrected chi connectivity index (χ3v) is 7.96. The standard InChI is InChI=1S/C30H31N3O3/c34-29(23-13-7-17-31-27(23)22-11-5-2-6-12-22)33-19-15-24(28-26(33)16-20-36-28)30(35)32-18-8-14-25(32)21-9-3-1-4-10-21/h1-7,9-13,17,24-26,28H,8,14-16,18-20H2/t24-,25?,26-,28-/m1/s1. The molecule has 3 aliphatic heterocycles. The van der Waals surface area contributed by atoms with Gasteiger partial charge in [0, 0.05) is 31.5 Å². The number of rotatable bonds is 4. The molecule has 36 heavy (non-hydrogen) atoms. The number of hydrogen-bond acceptors (Lipinski definition) is 4. The van der Waals surface area contributed by atoms with Gasteiger partial charge in [0.25, 0.3) is 5.91 Å². The van der Waals surface area contributed by atoms with Crippen molar-refractivity contribution in [2.75, 3.05) is 19.7 Å². The van der Waals surface area contributed by atoms with E-state index in [1.807, 2.05) is 65.6 Å². The van der Waals surface area contributed by atoms with Crippen LogP contribution in [-0.4, -0.2) is 58.4 Å². The second kappa shape index (κ2) is 9.86. The molecule has 6 rings (SSSR count). The summed E-state index contributed by atoms with van der Waals surface area (Å²) in [5.74, 6) is -0.0678. The number of amides is 2. The number of benzene rings is 2. The number of carbonyl (C=O) groups is 2. The van der Waals surface area contributed by atoms with Crippen LogP contribution in [0, 0.1) is 5.92 Å². The topological polar surface area (TPSA) is 62.7 Å². The summed E-state index contributed by atoms with van der Waals surface area (Å²) in [7, 11) is 0. The minimum absolute atomic E-state index is 0.0308. The smallest absolute Gasteiger partial charge is 0.256 e. The molecule has 0 bridgehead atoms. The first kappa shape index (κ1) is 22.9. The Labute approximate surface area is 211 Å². The summed E-state index contributed by atoms with van der Waals surface area (Å²) >= 11 is 0. The van der Waals surface area contributed by atoms with E-state index in [9.17, 15) is 9.59 Å². The number of likely N-dealkylation sites (tertiary alicyclic amines) is 2. The highest BCUT2D eigenvalue weighted by molar-refractivity contribution is 6.00. The van der Waals surface area contributed by atoms with E-state index in [2.05, 4.69) is 22.0 Å². The van der Waals surface area contributed by atoms with Gasteiger partial charge in [0.05, 0.1) is 35.4 Å². The minimum atomic E-state index is -0.260. The van der Waals surface area contributed by atoms with Gasteiger partial charge in [-0.15, -0.1) is 0 Å². The van der Waals surface area contributed by atoms with E-state index >= 15 is 0 Å². The summed E-state index contributed by atoms with van der Waals surface area (Å²) in [4.78, 5) is 36.2. The lowest BCUT2D eigenvalue weighted by Crippen LogP contribution is -2.56. The molecule has 3 fully saturated rings. The molecule has 3 aromatic rings. The van der Waals surface area contributed by atoms with E-state index in [1.54, 1.807) is 6.20 Å². The maximum absolute atomic E-state index is 13.8. The summed E-state index contributed by atoms with van der Waals surface area (Å²) in [6.07, 6.45) is 4.84. The number of pyridine rings is 1. The highest BCUT2D eigenvalue weighted by Gasteiger charge is 2.49. The van der Waals surface area contributed by atoms with Crippen molar-refractivity contribution in [2.45, 2.75) is 43.9 Å². The minimum Gasteiger partial charge on any atom is -0.375 e. The van der Waals surface area contributed by atoms with Gasteiger partial charge in [-0.2, -0.15) is 0 Å². The Bertz CT molecular complexity index is 1230. The molecule has 0 N–H and O–H groups in total. The van der Waals surface area contributed by atoms with Crippen LogP contribution in [0.5, 0.6) is 0 Å². The van der Waals surface area contributed by atoms with Crippen LogP contribution >= 0.6 is 0 Å². The van der Waals surface area contributed by atoms with Crippen LogP contribution in [0.4, 0.5) is 0 Å². The number of nitrogens with zero attached hydrogens (tertiary/aromatic N) is 3. The second-order valence-corrected chi connectivity index (χ2v) is 9.95. The molecule has 4 heterocycles. The molecule has 6 nitrogen and oxygen atoms in total. The average Bonchev–Trinajstić information content (AvgIpc) is 3.63. The summed E-state index contributed by atoms with van der Waals surface area (Å²) < 4.78 is 6.17. The van der Waals surface area contributed by atoms with E-state index in [0.717, 1.165) is 31.4 Å². The molecule has 2 aromatic carbocycles. The van der Waals surface area contributed by atoms with Gasteiger partial charge in [-0.25, -0.2) is 0 Å². The third-order valence-electron chi connectivity index (χ3n) is 7.96. The molecule has 4 atom stereocenters. The molecule has 2 amide bonds. The fourth-order valence-electron chi connectivity index (χ4n) is 6.27. The summed E-state index contributed by atoms with van der Waals surface area (Å²) in [5, 5.41) is 0. The molecule has 0 radical (unpaired) electrons. The Hall–Kier alpha value is -3.51. The normalized spacial score (nSPS) is 25.6. The Balaban J connectivity index is 1.23. The highest BCUT2D eigenvalue weighted by atomic mass is 16.5. The van der Waals surface area contributed by atoms with Crippen LogP contribution in [0.15, 0.2) is 79.0 Å². The molecule has 0 spiro atoms. The van der Waals surface area contributed by atoms with Crippen molar-refractivity contribution in [1.29, 1.82) is 0 Å². The Morgan fingerprint density at radius 2 is 1.61 bits per heavy atom. The van der Waals surface area contributed by atoms with Gasteiger partial charge >= 0.3 is 0 Å². The van der Waals surface area contributed by atoms with Crippen molar-refractivity contribution >= 4 is 11.8 Å². The van der Waals surface area contributed by atoms with Gasteiger partial charge in [0.15, 0.2) is 0 Å². The predicted molar refractivity (Wildman–Crippen MR) is 137 cm³/mol. The molecule has 0 saturated carbocycles. The van der Waals surface area contributed by atoms with Gasteiger partial charge in [-0.1, -0.05) is 60.7 Å². The maximum atomic E-state index is 13.8. The average molecular weight is 482 g/mol. The van der Waals surface area contributed by atoms with Gasteiger partial charge in [0.2, 0.25) is 5.91 Å². The Kier molecular flexibility index (Phi) is 6.28. The first-order valence-corrected chi connectivity index (χ1v) is 13.0. The lowest BCUT2D eigenvalue weighted by molar-refractivity contribution is -0.144. The van der Waals surface area contributed by atoms with Crippen LogP contribution in [0.25, 0.3) is 11.3 Å². The fourth-order valence-corrected chi connectivity index (χ4v) is 6.27. The van der Waals surface area contributed by atoms with E-state index < -0.39 is 0 Å². The van der Waals surface area contributed by atoms with E-state index in [-0.39, 0.29) is 35.9 Å². The first-order chi connectivity index (χ1) is 17.7. The molecular weight excluding hydrogens is 450 g/mol. The molecule has 6 heteroatoms. The zero-order valence-electron chi connectivity index (χ0n) is 20.3. The lowest BCUT2D eigenvalue weighted by atomic mass is 9.85. The number of piperidine rings is 1. The Morgan fingerprint density at radius 1 is 0.833 bits per heavy atom. The monoisotopic (exact) mass is 481 g/mol. The third kappa shape index (κ3) is 4.09. The molecule has 1 aromatic heterocycles. The van der Waals surface area contributed by atoms with Gasteiger partial charge in [-0.05, 0) is 43.4 Å². The molecular formula is C30H31N3O3. The largest absolute Gasteiger partial charge is 0.375 e. The van der Waals surface area contributed by atoms with Gasteiger partial charge in [-0.3, -0.25) is 14.6 Å². The SMILES string of the molecule is O=C([C@@H]1CCN(C(=O)c2cccnc2-c2ccccc2)[C@@H]2CCO[C@@H]21)N1CCCC1c1ccccc1. The summed E-state index contributed by atoms with van der Waals surface area (Å²) in [6.45, 7) is 1.90. The van der Waals surface area contributed by atoms with Crippen LogP contribution < -0.4 is 0 Å². The highest BCUT2D eigenvalue weighted by Crippen LogP contribution is 2.39. The maximum Gasteiger partial charge on any atom is 0.256 e. The van der Waals surface area contributed by atoms with Crippen molar-refractivity contribution in [3.8, 4) is 11.3 Å². The van der Waals surface area contributed by atoms with Crippen LogP contribution in [-0.2, 0) is 9.53 Å². The van der Waals surface area contributed by atoms with Crippen molar-refractivity contribution in [3.63, 3.8) is 0 Å². The van der Waals surface area contributed by atoms with E-state index in [1.165, 1.54) is 5.56 Å². The van der Waals surface area contributed by atoms with Crippen LogP contribution in [0.3, 0.4) is 0 Å². The van der Waals surface area contributed by atoms with Crippen LogP contribution in [0.2, 0.25) is 0 Å². The molecule has 1 unspecified atom stereocenters. The van der Waals surface area contributed by atoms with Crippen molar-refractivity contribution in [2.24, 2.45) is 5.92 Å². The zero-order valence-corrected chi connectivity index (χ0v) is 20.3. The van der Waals surface area contributed by atoms with Gasteiger partial charge in [0.1, 0.15) is 0 Å². The quantitative estimate of drug-likeness (QED) is 0.540. The number of hydrogen-bond donors (Lipinski definition) is 0. The number of fused-ring (bicyclic) bond motifs is 1. The lowest BCUT2D eigenvalue weighted by Gasteiger charge is -2.42. The second-order valence-electron chi connectivity index (χ2n) is 9.95. The number of carbonyl (C=O) groups excluding carboxylic acids is 2. The molecule has 3 aliphatic rings. The number of aromatic nitrogens is 1. The first-order valence-electron chi connectivity index (χ1n) is 13.0. The van der Waals surface area contributed by atoms with E-state index in [0.29, 0.717) is 30.8 Å². The summed E-state index contributed by atoms with van der Waals surface area (Å²) in [6, 6.07) is 23.9. The van der Waals surface area contributed by atoms with Crippen LogP contribution in [0.1, 0.15) is 47.6 Å². The fraction of sp³-hybridized carbons (Fsp3) is 0.367. The molecule has 0 aliphatic carbocycles. The van der Waals surface area contributed by atoms with Crippen molar-refractivity contribution in [3.05, 3.63) is 90.1 Å². The number of ether oxygens (including phenoxy) is 1. The zero-order chi connectivity index (χ0) is 24.5. The Morgan fingerprint density at radius 3 is 2.42 bits per heavy atom. The van der Waals surface area contributed by atoms with Crippen molar-refractivity contribution in [1.82, 2.24) is 14.8 Å². The van der Waals surface area contributed by atoms with E-state index in [4.69, 9.17) is 4.74 Å². The summed E-state index contributed by atoms with van der Waals surface area (Å²) in [5.41, 5.74) is 3.42. The molecule has 184 valence electrons.